The van der Waals surface area contributed by atoms with E-state index in [1.165, 1.54) is 11.1 Å². The van der Waals surface area contributed by atoms with Crippen molar-refractivity contribution in [1.29, 1.82) is 0 Å². The fraction of sp³-hybridized carbons (Fsp3) is 0.0385. The van der Waals surface area contributed by atoms with E-state index in [4.69, 9.17) is 10.1 Å². The average molecular weight is 419 g/mol. The van der Waals surface area contributed by atoms with E-state index in [-0.39, 0.29) is 17.1 Å². The zero-order valence-corrected chi connectivity index (χ0v) is 17.2. The Kier molecular flexibility index (Phi) is 7.02. The first-order valence-corrected chi connectivity index (χ1v) is 9.27. The molecule has 1 heterocycles. The fourth-order valence-electron chi connectivity index (χ4n) is 3.11. The minimum absolute atomic E-state index is 0. The van der Waals surface area contributed by atoms with Crippen molar-refractivity contribution in [2.75, 3.05) is 7.11 Å². The number of hydrogen-bond acceptors (Lipinski definition) is 1. The zero-order valence-electron chi connectivity index (χ0n) is 16.1. The van der Waals surface area contributed by atoms with Gasteiger partial charge in [-0.05, 0) is 40.5 Å². The van der Waals surface area contributed by atoms with Gasteiger partial charge in [-0.25, -0.2) is 12.1 Å². The number of fused-ring (bicyclic) bond motifs is 1. The van der Waals surface area contributed by atoms with E-state index in [2.05, 4.69) is 54.6 Å². The Morgan fingerprint density at radius 3 is 2.10 bits per heavy atom. The summed E-state index contributed by atoms with van der Waals surface area (Å²) in [5, 5.41) is 4.76. The van der Waals surface area contributed by atoms with Gasteiger partial charge in [0, 0.05) is 0 Å². The molecule has 3 aromatic carbocycles. The zero-order chi connectivity index (χ0) is 19.2. The number of hydrogen-bond donors (Lipinski definition) is 0. The molecule has 29 heavy (non-hydrogen) atoms. The number of allylic oxidation sites excluding steroid dienone is 6. The van der Waals surface area contributed by atoms with E-state index in [1.807, 2.05) is 54.6 Å². The molecule has 1 aliphatic heterocycles. The molecule has 3 aromatic rings. The quantitative estimate of drug-likeness (QED) is 0.319. The van der Waals surface area contributed by atoms with Gasteiger partial charge in [-0.2, -0.15) is 18.2 Å². The molecule has 0 N–H and O–H groups in total. The van der Waals surface area contributed by atoms with Gasteiger partial charge in [-0.15, -0.1) is 11.4 Å². The molecule has 2 aliphatic rings. The van der Waals surface area contributed by atoms with E-state index in [0.717, 1.165) is 28.3 Å². The third kappa shape index (κ3) is 5.03. The number of ether oxygens (including phenoxy) is 1. The summed E-state index contributed by atoms with van der Waals surface area (Å²) in [5.41, 5.74) is 6.69. The van der Waals surface area contributed by atoms with Crippen LogP contribution in [-0.2, 0) is 17.1 Å². The molecule has 0 fully saturated rings. The molecule has 3 heteroatoms. The van der Waals surface area contributed by atoms with Gasteiger partial charge in [0.25, 0.3) is 0 Å². The summed E-state index contributed by atoms with van der Waals surface area (Å²) in [6.45, 7) is 0. The van der Waals surface area contributed by atoms with E-state index < -0.39 is 0 Å². The summed E-state index contributed by atoms with van der Waals surface area (Å²) in [5.74, 6) is 0.871. The molecule has 5 rings (SSSR count). The van der Waals surface area contributed by atoms with Crippen LogP contribution in [0.15, 0.2) is 114 Å². The molecule has 0 bridgehead atoms. The van der Waals surface area contributed by atoms with Gasteiger partial charge in [0.2, 0.25) is 0 Å². The third-order valence-electron chi connectivity index (χ3n) is 4.63. The SMILES string of the molecule is COc1ccc(-c2ccc3c(c2)C=CC(=C2C=CC=C2)[N-]3)cc1.[Fe+2].c1cc[cH-]c1. The summed E-state index contributed by atoms with van der Waals surface area (Å²) in [6, 6.07) is 24.5. The third-order valence-corrected chi connectivity index (χ3v) is 4.63. The molecule has 0 radical (unpaired) electrons. The van der Waals surface area contributed by atoms with E-state index in [0.29, 0.717) is 0 Å². The Labute approximate surface area is 182 Å². The molecule has 2 nitrogen and oxygen atoms in total. The van der Waals surface area contributed by atoms with Crippen molar-refractivity contribution in [2.45, 2.75) is 0 Å². The molecule has 0 atom stereocenters. The van der Waals surface area contributed by atoms with Crippen molar-refractivity contribution in [3.8, 4) is 16.9 Å². The predicted molar refractivity (Wildman–Crippen MR) is 118 cm³/mol. The van der Waals surface area contributed by atoms with Gasteiger partial charge in [0.1, 0.15) is 5.75 Å². The first-order valence-electron chi connectivity index (χ1n) is 9.27. The van der Waals surface area contributed by atoms with Gasteiger partial charge in [-0.1, -0.05) is 60.7 Å². The molecule has 0 aromatic heterocycles. The largest absolute Gasteiger partial charge is 2.00 e. The second-order valence-electron chi connectivity index (χ2n) is 6.47. The van der Waals surface area contributed by atoms with Gasteiger partial charge < -0.3 is 10.1 Å². The molecule has 144 valence electrons. The van der Waals surface area contributed by atoms with Crippen LogP contribution in [0.25, 0.3) is 22.5 Å². The smallest absolute Gasteiger partial charge is 0.657 e. The Bertz CT molecular complexity index is 1020. The second-order valence-corrected chi connectivity index (χ2v) is 6.47. The summed E-state index contributed by atoms with van der Waals surface area (Å²) in [7, 11) is 1.68. The predicted octanol–water partition coefficient (Wildman–Crippen LogP) is 7.18. The first kappa shape index (κ1) is 20.6. The van der Waals surface area contributed by atoms with Gasteiger partial charge in [0.05, 0.1) is 7.11 Å². The Morgan fingerprint density at radius 2 is 1.48 bits per heavy atom. The van der Waals surface area contributed by atoms with E-state index in [1.54, 1.807) is 7.11 Å². The fourth-order valence-corrected chi connectivity index (χ4v) is 3.11. The normalized spacial score (nSPS) is 13.1. The molecule has 0 spiro atoms. The van der Waals surface area contributed by atoms with Crippen LogP contribution in [0.2, 0.25) is 0 Å². The van der Waals surface area contributed by atoms with Crippen LogP contribution in [0.1, 0.15) is 5.56 Å². The second kappa shape index (κ2) is 9.88. The van der Waals surface area contributed by atoms with Crippen LogP contribution in [0, 0.1) is 0 Å². The van der Waals surface area contributed by atoms with Crippen molar-refractivity contribution < 1.29 is 21.8 Å². The van der Waals surface area contributed by atoms with Crippen molar-refractivity contribution >= 4 is 11.8 Å². The van der Waals surface area contributed by atoms with Gasteiger partial charge in [-0.3, -0.25) is 0 Å². The monoisotopic (exact) mass is 419 g/mol. The Balaban J connectivity index is 0.000000352. The number of nitrogens with zero attached hydrogens (tertiary/aromatic N) is 1. The summed E-state index contributed by atoms with van der Waals surface area (Å²) in [6.07, 6.45) is 12.5. The van der Waals surface area contributed by atoms with Crippen LogP contribution < -0.4 is 4.74 Å². The van der Waals surface area contributed by atoms with Crippen molar-refractivity contribution in [2.24, 2.45) is 0 Å². The Morgan fingerprint density at radius 1 is 0.793 bits per heavy atom. The number of rotatable bonds is 2. The summed E-state index contributed by atoms with van der Waals surface area (Å²) >= 11 is 0. The van der Waals surface area contributed by atoms with E-state index in [9.17, 15) is 0 Å². The summed E-state index contributed by atoms with van der Waals surface area (Å²) in [4.78, 5) is 0. The van der Waals surface area contributed by atoms with Crippen LogP contribution in [0.3, 0.4) is 0 Å². The minimum atomic E-state index is 0. The van der Waals surface area contributed by atoms with Gasteiger partial charge >= 0.3 is 17.1 Å². The molecule has 0 unspecified atom stereocenters. The molecular weight excluding hydrogens is 398 g/mol. The average Bonchev–Trinajstić information content (AvgIpc) is 3.50. The van der Waals surface area contributed by atoms with E-state index >= 15 is 0 Å². The maximum Gasteiger partial charge on any atom is 2.00 e. The maximum atomic E-state index is 5.21. The van der Waals surface area contributed by atoms with Crippen molar-refractivity contribution in [3.05, 3.63) is 125 Å². The van der Waals surface area contributed by atoms with Crippen LogP contribution in [-0.4, -0.2) is 7.11 Å². The summed E-state index contributed by atoms with van der Waals surface area (Å²) < 4.78 is 5.21. The van der Waals surface area contributed by atoms with Crippen LogP contribution in [0.4, 0.5) is 5.69 Å². The molecule has 0 saturated carbocycles. The molecule has 0 saturated heterocycles. The maximum absolute atomic E-state index is 5.21. The molecular formula is C26H21FeNO. The van der Waals surface area contributed by atoms with Crippen LogP contribution >= 0.6 is 0 Å². The molecule has 0 amide bonds. The first-order chi connectivity index (χ1) is 13.8. The number of benzene rings is 2. The van der Waals surface area contributed by atoms with Crippen LogP contribution in [0.5, 0.6) is 5.75 Å². The van der Waals surface area contributed by atoms with Gasteiger partial charge in [0.15, 0.2) is 0 Å². The van der Waals surface area contributed by atoms with Crippen molar-refractivity contribution in [1.82, 2.24) is 0 Å². The minimum Gasteiger partial charge on any atom is -0.657 e. The standard InChI is InChI=1S/C21H16NO.C5H5.Fe/c1-23-19-10-6-15(7-11-19)17-8-12-21-18(14-17)9-13-20(22-21)16-4-2-3-5-16;1-2-4-5-3-1;/h2-14H,1H3;1-5H;/q2*-1;+2. The van der Waals surface area contributed by atoms with Crippen molar-refractivity contribution in [3.63, 3.8) is 0 Å². The Hall–Kier alpha value is -3.13. The topological polar surface area (TPSA) is 23.3 Å². The molecule has 1 aliphatic carbocycles. The number of methoxy groups -OCH3 is 1.